The molecule has 664 valence electrons. The molecule has 8 heterocycles. The second-order valence-corrected chi connectivity index (χ2v) is 33.1. The Balaban J connectivity index is 1.04. The Kier molecular flexibility index (Phi) is 38.9. The van der Waals surface area contributed by atoms with Crippen LogP contribution >= 0.6 is 47.0 Å². The van der Waals surface area contributed by atoms with Gasteiger partial charge in [-0.15, -0.1) is 23.5 Å². The maximum absolute atomic E-state index is 13.8. The molecule has 0 aromatic carbocycles. The van der Waals surface area contributed by atoms with E-state index < -0.39 is 313 Å². The number of aliphatic carboxylic acids is 1. The summed E-state index contributed by atoms with van der Waals surface area (Å²) < 4.78 is 120. The van der Waals surface area contributed by atoms with Crippen LogP contribution in [0.25, 0.3) is 0 Å². The van der Waals surface area contributed by atoms with Gasteiger partial charge in [-0.3, -0.25) is 28.8 Å². The van der Waals surface area contributed by atoms with Crippen LogP contribution < -0.4 is 0 Å². The number of hydrogen-bond donors (Lipinski definition) is 17. The van der Waals surface area contributed by atoms with Gasteiger partial charge in [-0.2, -0.15) is 23.5 Å². The standard InChI is InChI=1S/C67H108O44S4/c1-23(16-112-20-34(68)69)57(87)110-55-41(76)32(14-95-62-45(80)43(78)36(71)29(103-62)11-96-63-48(83)53(38(73)27(101-63)9-91-5)108-58(88)24(2)17-113-21-35(70)93-7)104-65(50(55)85)99-15-33-42(77)56-51(86)66(105-33)98-13-31-40(75)52(47(82)61(94-8)100-31)107-59(89)25(3)18-114-22-115-19-26(4)60(90)109-54-39(74)28(10-92-6)102-64(49(54)84)97-12-30-37(72)44(79)46(81)67(106-30)111-56/h23-33,36-56,61-67,71-86H,9-22H2,1-8H3,(H,68,69)/t23?,24?,25?,26?,27?,28?,29?,30?,31?,32?,33?,36-,37-,38-,39-,40-,41-,42-,43+,44+,45?,46?,47?,48?,49?,50?,51?,52+,53+,54+,55+,56+,61+,62+,63+,64+,65+,66+,67-/m1/s1. The molecule has 115 heavy (non-hydrogen) atoms. The Morgan fingerprint density at radius 2 is 0.843 bits per heavy atom. The molecule has 8 aliphatic heterocycles. The fourth-order valence-corrected chi connectivity index (χ4v) is 16.8. The zero-order valence-corrected chi connectivity index (χ0v) is 66.9. The molecule has 0 aliphatic carbocycles. The first kappa shape index (κ1) is 97.4. The van der Waals surface area contributed by atoms with Crippen LogP contribution in [0.3, 0.4) is 0 Å². The minimum Gasteiger partial charge on any atom is -0.481 e. The van der Waals surface area contributed by atoms with E-state index in [2.05, 4.69) is 4.74 Å². The number of carbonyl (C=O) groups excluding carboxylic acids is 5. The molecule has 17 N–H and O–H groups in total. The van der Waals surface area contributed by atoms with E-state index >= 15 is 0 Å². The molecule has 8 fully saturated rings. The molecular weight excluding hydrogens is 1640 g/mol. The van der Waals surface area contributed by atoms with Crippen molar-refractivity contribution in [2.75, 3.05) is 114 Å². The van der Waals surface area contributed by atoms with Crippen molar-refractivity contribution >= 4 is 82.9 Å². The van der Waals surface area contributed by atoms with Gasteiger partial charge in [-0.25, -0.2) is 0 Å². The number of aliphatic hydroxyl groups is 16. The normalized spacial score (nSPS) is 43.5. The Morgan fingerprint density at radius 3 is 1.32 bits per heavy atom. The van der Waals surface area contributed by atoms with Crippen LogP contribution in [0.2, 0.25) is 0 Å². The summed E-state index contributed by atoms with van der Waals surface area (Å²) in [7, 11) is 4.81. The summed E-state index contributed by atoms with van der Waals surface area (Å²) >= 11 is 4.40. The molecular formula is C67H108O44S4. The Morgan fingerprint density at radius 1 is 0.426 bits per heavy atom. The van der Waals surface area contributed by atoms with Crippen LogP contribution in [0.1, 0.15) is 27.7 Å². The van der Waals surface area contributed by atoms with E-state index in [1.165, 1.54) is 72.5 Å². The van der Waals surface area contributed by atoms with Crippen molar-refractivity contribution < 1.29 is 215 Å². The Bertz CT molecular complexity index is 3020. The van der Waals surface area contributed by atoms with Gasteiger partial charge in [0.2, 0.25) is 0 Å². The number of carbonyl (C=O) groups is 6. The molecule has 8 saturated heterocycles. The van der Waals surface area contributed by atoms with E-state index in [-0.39, 0.29) is 42.0 Å². The van der Waals surface area contributed by atoms with E-state index in [4.69, 9.17) is 94.7 Å². The van der Waals surface area contributed by atoms with Crippen molar-refractivity contribution in [2.24, 2.45) is 23.7 Å². The minimum absolute atomic E-state index is 0.0619. The lowest BCUT2D eigenvalue weighted by molar-refractivity contribution is -0.375. The van der Waals surface area contributed by atoms with Crippen molar-refractivity contribution in [1.82, 2.24) is 0 Å². The van der Waals surface area contributed by atoms with Gasteiger partial charge in [0.05, 0.1) is 88.5 Å². The summed E-state index contributed by atoms with van der Waals surface area (Å²) in [5, 5.41) is 195. The smallest absolute Gasteiger partial charge is 0.315 e. The number of hydrogen-bond acceptors (Lipinski definition) is 47. The van der Waals surface area contributed by atoms with Crippen LogP contribution in [0.4, 0.5) is 0 Å². The number of carboxylic acids is 1. The number of methoxy groups -OCH3 is 4. The highest BCUT2D eigenvalue weighted by atomic mass is 32.2. The molecule has 0 aromatic rings. The molecule has 8 bridgehead atoms. The summed E-state index contributed by atoms with van der Waals surface area (Å²) in [5.41, 5.74) is 0. The van der Waals surface area contributed by atoms with Gasteiger partial charge in [-0.05, 0) is 0 Å². The predicted molar refractivity (Wildman–Crippen MR) is 382 cm³/mol. The third-order valence-electron chi connectivity index (χ3n) is 19.8. The lowest BCUT2D eigenvalue weighted by Gasteiger charge is -2.47. The predicted octanol–water partition coefficient (Wildman–Crippen LogP) is -9.40. The van der Waals surface area contributed by atoms with E-state index in [1.54, 1.807) is 0 Å². The number of aliphatic hydroxyl groups excluding tert-OH is 16. The van der Waals surface area contributed by atoms with E-state index in [0.29, 0.717) is 5.08 Å². The third-order valence-corrected chi connectivity index (χ3v) is 25.0. The highest BCUT2D eigenvalue weighted by Crippen LogP contribution is 2.37. The second-order valence-electron chi connectivity index (χ2n) is 28.6. The van der Waals surface area contributed by atoms with Gasteiger partial charge < -0.3 is 186 Å². The summed E-state index contributed by atoms with van der Waals surface area (Å²) in [6.45, 7) is 0.547. The van der Waals surface area contributed by atoms with Gasteiger partial charge in [-0.1, -0.05) is 27.7 Å². The van der Waals surface area contributed by atoms with Crippen LogP contribution in [0, 0.1) is 23.7 Å². The molecule has 39 atom stereocenters. The minimum atomic E-state index is -2.28. The Hall–Kier alpha value is -3.06. The zero-order chi connectivity index (χ0) is 84.6. The molecule has 44 nitrogen and oxygen atoms in total. The molecule has 48 heteroatoms. The SMILES string of the molecule is COCC1O[C@@H]2OCC3O[C@H](O[C@@H]4C(O)[C@@H](OCC5O[C@H](OC)C(O)[C@@H](OC(=O)C(C)CSCSCC(C)C(=O)O[C@H](C2O)[C@@H]1O)[C@@H]5O)OC(CO[C@H]1OC(CO[C@H]2OC(CO[C@H]5OC(COC)[C@@H](O)[C@H](OC(=O)C(C)CSCC(=O)OC)C5O)[C@@H](O)[C@H](O)C2O)[C@@H](O)[C@H](OC(=O)C(C)CSCC(=O)O)C1O)[C@H]4O)C(O)[C@@H](O)[C@@H]3O. The maximum atomic E-state index is 13.8. The fraction of sp³-hybridized carbons (Fsp3) is 0.910. The topological polar surface area (TPSA) is 640 Å². The summed E-state index contributed by atoms with van der Waals surface area (Å²) in [6.07, 6.45) is -67.8. The van der Waals surface area contributed by atoms with Crippen molar-refractivity contribution in [1.29, 1.82) is 0 Å². The number of carboxylic acid groups (broad SMARTS) is 1. The monoisotopic (exact) mass is 1740 g/mol. The summed E-state index contributed by atoms with van der Waals surface area (Å²) in [5.74, 6) is -9.70. The summed E-state index contributed by atoms with van der Waals surface area (Å²) in [4.78, 5) is 77.2. The number of rotatable bonds is 26. The van der Waals surface area contributed by atoms with Crippen molar-refractivity contribution in [2.45, 2.75) is 243 Å². The highest BCUT2D eigenvalue weighted by Gasteiger charge is 2.57. The van der Waals surface area contributed by atoms with E-state index in [1.807, 2.05) is 0 Å². The third kappa shape index (κ3) is 25.3. The average Bonchev–Trinajstić information content (AvgIpc) is 0.785. The van der Waals surface area contributed by atoms with E-state index in [0.717, 1.165) is 30.6 Å². The van der Waals surface area contributed by atoms with Crippen molar-refractivity contribution in [3.63, 3.8) is 0 Å². The molecule has 18 unspecified atom stereocenters. The van der Waals surface area contributed by atoms with Crippen LogP contribution in [0.15, 0.2) is 0 Å². The number of ether oxygens (including phenoxy) is 21. The van der Waals surface area contributed by atoms with Gasteiger partial charge >= 0.3 is 35.8 Å². The number of fused-ring (bicyclic) bond motifs is 8. The maximum Gasteiger partial charge on any atom is 0.315 e. The molecule has 0 amide bonds. The average molecular weight is 1750 g/mol. The molecule has 0 spiro atoms. The highest BCUT2D eigenvalue weighted by molar-refractivity contribution is 8.16. The quantitative estimate of drug-likeness (QED) is 0.0282. The second kappa shape index (κ2) is 45.9. The lowest BCUT2D eigenvalue weighted by Crippen LogP contribution is -2.66. The van der Waals surface area contributed by atoms with Gasteiger partial charge in [0.15, 0.2) is 68.4 Å². The number of thioether (sulfide) groups is 4. The first-order valence-electron chi connectivity index (χ1n) is 36.7. The number of esters is 5. The molecule has 0 radical (unpaired) electrons. The fourth-order valence-electron chi connectivity index (χ4n) is 12.9. The molecule has 0 aromatic heterocycles. The molecule has 8 rings (SSSR count). The van der Waals surface area contributed by atoms with Gasteiger partial charge in [0, 0.05) is 49.4 Å². The molecule has 8 aliphatic rings. The van der Waals surface area contributed by atoms with Gasteiger partial charge in [0.1, 0.15) is 146 Å². The summed E-state index contributed by atoms with van der Waals surface area (Å²) in [6, 6.07) is 0. The van der Waals surface area contributed by atoms with Crippen molar-refractivity contribution in [3.8, 4) is 0 Å². The first-order chi connectivity index (χ1) is 54.5. The Labute approximate surface area is 675 Å². The van der Waals surface area contributed by atoms with Crippen molar-refractivity contribution in [3.05, 3.63) is 0 Å². The largest absolute Gasteiger partial charge is 0.481 e. The zero-order valence-electron chi connectivity index (χ0n) is 63.7. The van der Waals surface area contributed by atoms with E-state index in [9.17, 15) is 116 Å². The lowest BCUT2D eigenvalue weighted by atomic mass is 9.96. The van der Waals surface area contributed by atoms with Gasteiger partial charge in [0.25, 0.3) is 0 Å². The first-order valence-corrected chi connectivity index (χ1v) is 41.3. The van der Waals surface area contributed by atoms with Crippen LogP contribution in [-0.2, 0) is 128 Å². The van der Waals surface area contributed by atoms with Crippen LogP contribution in [0.5, 0.6) is 0 Å². The van der Waals surface area contributed by atoms with Crippen LogP contribution in [-0.4, -0.2) is 452 Å². The molecule has 0 saturated carbocycles.